The molecule has 1 saturated heterocycles. The number of nitrogens with zero attached hydrogens (tertiary/aromatic N) is 3. The highest BCUT2D eigenvalue weighted by Crippen LogP contribution is 2.33. The van der Waals surface area contributed by atoms with E-state index < -0.39 is 22.2 Å². The maximum Gasteiger partial charge on any atom is 0.407 e. The van der Waals surface area contributed by atoms with Gasteiger partial charge in [0.05, 0.1) is 29.1 Å². The molecule has 1 aromatic heterocycles. The van der Waals surface area contributed by atoms with E-state index in [0.717, 1.165) is 9.54 Å². The monoisotopic (exact) mass is 425 g/mol. The van der Waals surface area contributed by atoms with E-state index >= 15 is 0 Å². The average molecular weight is 425 g/mol. The second kappa shape index (κ2) is 7.48. The maximum atomic E-state index is 13.3. The molecule has 0 spiro atoms. The number of aryl methyl sites for hydroxylation is 1. The molecule has 1 aliphatic rings. The molecule has 30 heavy (non-hydrogen) atoms. The van der Waals surface area contributed by atoms with Crippen LogP contribution in [-0.2, 0) is 14.8 Å². The fourth-order valence-corrected chi connectivity index (χ4v) is 5.02. The van der Waals surface area contributed by atoms with Gasteiger partial charge < -0.3 is 14.7 Å². The molecule has 2 aromatic carbocycles. The van der Waals surface area contributed by atoms with E-state index in [1.165, 1.54) is 23.2 Å². The van der Waals surface area contributed by atoms with E-state index in [2.05, 4.69) is 6.07 Å². The summed E-state index contributed by atoms with van der Waals surface area (Å²) in [5.41, 5.74) is 2.04. The van der Waals surface area contributed by atoms with Crippen LogP contribution in [0.1, 0.15) is 22.8 Å². The summed E-state index contributed by atoms with van der Waals surface area (Å²) in [4.78, 5) is 12.7. The predicted octanol–water partition coefficient (Wildman–Crippen LogP) is 3.11. The van der Waals surface area contributed by atoms with Crippen molar-refractivity contribution >= 4 is 27.0 Å². The lowest BCUT2D eigenvalue weighted by Crippen LogP contribution is -2.41. The summed E-state index contributed by atoms with van der Waals surface area (Å²) in [7, 11) is -3.92. The minimum atomic E-state index is -3.92. The Morgan fingerprint density at radius 2 is 1.93 bits per heavy atom. The van der Waals surface area contributed by atoms with Crippen LogP contribution in [-0.4, -0.2) is 48.2 Å². The van der Waals surface area contributed by atoms with Crippen LogP contribution in [0.15, 0.2) is 53.6 Å². The fourth-order valence-electron chi connectivity index (χ4n) is 3.66. The molecule has 3 aromatic rings. The van der Waals surface area contributed by atoms with Gasteiger partial charge in [0, 0.05) is 18.1 Å². The highest BCUT2D eigenvalue weighted by atomic mass is 32.2. The Bertz CT molecular complexity index is 1270. The van der Waals surface area contributed by atoms with Gasteiger partial charge in [-0.05, 0) is 36.8 Å². The molecule has 154 valence electrons. The molecule has 1 atom stereocenters. The number of fused-ring (bicyclic) bond motifs is 1. The molecule has 0 bridgehead atoms. The summed E-state index contributed by atoms with van der Waals surface area (Å²) in [6, 6.07) is 13.4. The predicted molar refractivity (Wildman–Crippen MR) is 109 cm³/mol. The van der Waals surface area contributed by atoms with Crippen molar-refractivity contribution < 1.29 is 23.1 Å². The molecule has 1 aliphatic heterocycles. The molecule has 8 nitrogen and oxygen atoms in total. The summed E-state index contributed by atoms with van der Waals surface area (Å²) in [5.74, 6) is 0. The number of benzene rings is 2. The Morgan fingerprint density at radius 1 is 1.20 bits per heavy atom. The van der Waals surface area contributed by atoms with Gasteiger partial charge in [-0.15, -0.1) is 0 Å². The summed E-state index contributed by atoms with van der Waals surface area (Å²) >= 11 is 0. The van der Waals surface area contributed by atoms with Crippen LogP contribution in [0.2, 0.25) is 0 Å². The second-order valence-electron chi connectivity index (χ2n) is 7.09. The average Bonchev–Trinajstić information content (AvgIpc) is 3.19. The van der Waals surface area contributed by atoms with Crippen molar-refractivity contribution in [1.82, 2.24) is 8.87 Å². The summed E-state index contributed by atoms with van der Waals surface area (Å²) < 4.78 is 33.4. The first kappa shape index (κ1) is 19.9. The van der Waals surface area contributed by atoms with E-state index in [4.69, 9.17) is 4.74 Å². The number of amides is 1. The van der Waals surface area contributed by atoms with Crippen molar-refractivity contribution in [1.29, 1.82) is 5.26 Å². The minimum Gasteiger partial charge on any atom is -0.465 e. The number of nitriles is 1. The zero-order valence-electron chi connectivity index (χ0n) is 16.1. The van der Waals surface area contributed by atoms with E-state index in [0.29, 0.717) is 10.9 Å². The SMILES string of the molecule is Cc1ccc(S(=O)(=O)n2ccc3c(C4CN(C(=O)O)CCO4)ccc(C#N)c32)cc1. The summed E-state index contributed by atoms with van der Waals surface area (Å²) in [6.07, 6.45) is -0.169. The molecule has 0 saturated carbocycles. The lowest BCUT2D eigenvalue weighted by Gasteiger charge is -2.31. The molecule has 1 amide bonds. The Morgan fingerprint density at radius 3 is 2.60 bits per heavy atom. The maximum absolute atomic E-state index is 13.3. The van der Waals surface area contributed by atoms with Crippen LogP contribution in [0.5, 0.6) is 0 Å². The molecular formula is C21H19N3O5S. The third-order valence-corrected chi connectivity index (χ3v) is 6.92. The van der Waals surface area contributed by atoms with Gasteiger partial charge in [-0.25, -0.2) is 17.2 Å². The second-order valence-corrected chi connectivity index (χ2v) is 8.91. The largest absolute Gasteiger partial charge is 0.465 e. The Labute approximate surface area is 173 Å². The van der Waals surface area contributed by atoms with Crippen molar-refractivity contribution in [2.24, 2.45) is 0 Å². The number of morpholine rings is 1. The van der Waals surface area contributed by atoms with Crippen molar-refractivity contribution in [2.75, 3.05) is 19.7 Å². The van der Waals surface area contributed by atoms with E-state index in [-0.39, 0.29) is 35.7 Å². The van der Waals surface area contributed by atoms with Crippen LogP contribution >= 0.6 is 0 Å². The molecule has 1 unspecified atom stereocenters. The molecular weight excluding hydrogens is 406 g/mol. The van der Waals surface area contributed by atoms with Gasteiger partial charge in [0.25, 0.3) is 10.0 Å². The smallest absolute Gasteiger partial charge is 0.407 e. The number of hydrogen-bond donors (Lipinski definition) is 1. The zero-order chi connectivity index (χ0) is 21.5. The van der Waals surface area contributed by atoms with Crippen molar-refractivity contribution in [3.63, 3.8) is 0 Å². The Kier molecular flexibility index (Phi) is 4.97. The fraction of sp³-hybridized carbons (Fsp3) is 0.238. The molecule has 1 N–H and O–H groups in total. The number of carboxylic acid groups (broad SMARTS) is 1. The first-order valence-electron chi connectivity index (χ1n) is 9.28. The Hall–Kier alpha value is -3.35. The van der Waals surface area contributed by atoms with Crippen LogP contribution < -0.4 is 0 Å². The lowest BCUT2D eigenvalue weighted by molar-refractivity contribution is -0.0225. The van der Waals surface area contributed by atoms with Crippen LogP contribution in [0.4, 0.5) is 4.79 Å². The van der Waals surface area contributed by atoms with E-state index in [1.54, 1.807) is 30.3 Å². The molecule has 0 aliphatic carbocycles. The summed E-state index contributed by atoms with van der Waals surface area (Å²) in [6.45, 7) is 2.51. The first-order chi connectivity index (χ1) is 14.3. The van der Waals surface area contributed by atoms with Gasteiger partial charge in [0.15, 0.2) is 0 Å². The van der Waals surface area contributed by atoms with E-state index in [9.17, 15) is 23.6 Å². The van der Waals surface area contributed by atoms with Crippen LogP contribution in [0.25, 0.3) is 10.9 Å². The quantitative estimate of drug-likeness (QED) is 0.690. The van der Waals surface area contributed by atoms with Crippen LogP contribution in [0, 0.1) is 18.3 Å². The number of rotatable bonds is 3. The molecule has 0 radical (unpaired) electrons. The lowest BCUT2D eigenvalue weighted by atomic mass is 10.0. The molecule has 1 fully saturated rings. The number of ether oxygens (including phenoxy) is 1. The van der Waals surface area contributed by atoms with E-state index in [1.807, 2.05) is 6.92 Å². The number of carbonyl (C=O) groups is 1. The topological polar surface area (TPSA) is 113 Å². The van der Waals surface area contributed by atoms with Crippen molar-refractivity contribution in [2.45, 2.75) is 17.9 Å². The van der Waals surface area contributed by atoms with Gasteiger partial charge in [-0.2, -0.15) is 5.26 Å². The van der Waals surface area contributed by atoms with Gasteiger partial charge in [-0.3, -0.25) is 0 Å². The van der Waals surface area contributed by atoms with Gasteiger partial charge in [0.2, 0.25) is 0 Å². The zero-order valence-corrected chi connectivity index (χ0v) is 17.0. The van der Waals surface area contributed by atoms with Gasteiger partial charge in [-0.1, -0.05) is 23.8 Å². The van der Waals surface area contributed by atoms with Crippen molar-refractivity contribution in [3.05, 3.63) is 65.4 Å². The third kappa shape index (κ3) is 3.30. The molecule has 9 heteroatoms. The number of aromatic nitrogens is 1. The third-order valence-electron chi connectivity index (χ3n) is 5.23. The van der Waals surface area contributed by atoms with Gasteiger partial charge >= 0.3 is 6.09 Å². The summed E-state index contributed by atoms with van der Waals surface area (Å²) in [5, 5.41) is 19.4. The highest BCUT2D eigenvalue weighted by Gasteiger charge is 2.29. The number of hydrogen-bond acceptors (Lipinski definition) is 5. The Balaban J connectivity index is 1.86. The normalized spacial score (nSPS) is 17.1. The van der Waals surface area contributed by atoms with Crippen LogP contribution in [0.3, 0.4) is 0 Å². The minimum absolute atomic E-state index is 0.117. The van der Waals surface area contributed by atoms with Gasteiger partial charge in [0.1, 0.15) is 12.2 Å². The molecule has 2 heterocycles. The highest BCUT2D eigenvalue weighted by molar-refractivity contribution is 7.90. The first-order valence-corrected chi connectivity index (χ1v) is 10.7. The standard InChI is InChI=1S/C21H19N3O5S/c1-14-2-5-16(6-3-14)30(27,28)24-9-8-18-17(7-4-15(12-22)20(18)24)19-13-23(21(25)26)10-11-29-19/h2-9,19H,10-11,13H2,1H3,(H,25,26). The van der Waals surface area contributed by atoms with Crippen molar-refractivity contribution in [3.8, 4) is 6.07 Å². The molecule has 4 rings (SSSR count).